The highest BCUT2D eigenvalue weighted by molar-refractivity contribution is 5.78. The minimum absolute atomic E-state index is 0.888. The molecule has 0 bridgehead atoms. The Morgan fingerprint density at radius 2 is 1.65 bits per heavy atom. The molecule has 3 aromatic heterocycles. The Morgan fingerprint density at radius 3 is 2.48 bits per heavy atom. The van der Waals surface area contributed by atoms with E-state index < -0.39 is 0 Å². The second-order valence-electron chi connectivity index (χ2n) is 5.77. The summed E-state index contributed by atoms with van der Waals surface area (Å²) in [5, 5.41) is 1.12. The first-order valence-electron chi connectivity index (χ1n) is 7.69. The summed E-state index contributed by atoms with van der Waals surface area (Å²) in [7, 11) is 0. The van der Waals surface area contributed by atoms with E-state index in [0.717, 1.165) is 16.9 Å². The molecule has 0 N–H and O–H groups in total. The van der Waals surface area contributed by atoms with Gasteiger partial charge in [-0.2, -0.15) is 0 Å². The lowest BCUT2D eigenvalue weighted by molar-refractivity contribution is 1.02. The highest BCUT2D eigenvalue weighted by Gasteiger charge is 2.09. The fraction of sp³-hybridized carbons (Fsp3) is 0.100. The van der Waals surface area contributed by atoms with Crippen molar-refractivity contribution in [3.05, 3.63) is 78.2 Å². The standard InChI is InChI=1S/C20H17N3/c1-14-5-3-6-15(2)19(14)17-8-11-21-18(13-17)23-12-9-16-7-4-10-22-20(16)23/h3-13H,1-2H3. The normalized spacial score (nSPS) is 11.0. The fourth-order valence-electron chi connectivity index (χ4n) is 3.13. The van der Waals surface area contributed by atoms with Gasteiger partial charge in [0.05, 0.1) is 0 Å². The predicted octanol–water partition coefficient (Wildman–Crippen LogP) is 4.70. The average Bonchev–Trinajstić information content (AvgIpc) is 2.99. The summed E-state index contributed by atoms with van der Waals surface area (Å²) in [6.07, 6.45) is 5.70. The van der Waals surface area contributed by atoms with Gasteiger partial charge in [-0.25, -0.2) is 9.97 Å². The molecule has 1 aromatic carbocycles. The smallest absolute Gasteiger partial charge is 0.145 e. The van der Waals surface area contributed by atoms with E-state index in [2.05, 4.69) is 66.3 Å². The van der Waals surface area contributed by atoms with Gasteiger partial charge in [-0.05, 0) is 66.4 Å². The van der Waals surface area contributed by atoms with Crippen LogP contribution in [0.5, 0.6) is 0 Å². The van der Waals surface area contributed by atoms with Crippen LogP contribution in [0.1, 0.15) is 11.1 Å². The molecule has 3 nitrogen and oxygen atoms in total. The lowest BCUT2D eigenvalue weighted by atomic mass is 9.96. The first-order chi connectivity index (χ1) is 11.2. The van der Waals surface area contributed by atoms with Crippen molar-refractivity contribution >= 4 is 11.0 Å². The molecule has 0 aliphatic heterocycles. The van der Waals surface area contributed by atoms with E-state index in [1.165, 1.54) is 22.3 Å². The van der Waals surface area contributed by atoms with Crippen LogP contribution in [0.3, 0.4) is 0 Å². The molecule has 0 spiro atoms. The summed E-state index contributed by atoms with van der Waals surface area (Å²) in [6.45, 7) is 4.30. The van der Waals surface area contributed by atoms with Crippen molar-refractivity contribution in [2.75, 3.05) is 0 Å². The summed E-state index contributed by atoms with van der Waals surface area (Å²) < 4.78 is 2.03. The zero-order chi connectivity index (χ0) is 15.8. The van der Waals surface area contributed by atoms with Gasteiger partial charge in [0.25, 0.3) is 0 Å². The summed E-state index contributed by atoms with van der Waals surface area (Å²) in [4.78, 5) is 9.02. The quantitative estimate of drug-likeness (QED) is 0.537. The van der Waals surface area contributed by atoms with Crippen LogP contribution in [-0.2, 0) is 0 Å². The maximum atomic E-state index is 4.54. The topological polar surface area (TPSA) is 30.7 Å². The van der Waals surface area contributed by atoms with Gasteiger partial charge in [-0.15, -0.1) is 0 Å². The second kappa shape index (κ2) is 5.36. The number of fused-ring (bicyclic) bond motifs is 1. The zero-order valence-corrected chi connectivity index (χ0v) is 13.2. The van der Waals surface area contributed by atoms with Crippen LogP contribution in [0, 0.1) is 13.8 Å². The number of benzene rings is 1. The average molecular weight is 299 g/mol. The number of hydrogen-bond acceptors (Lipinski definition) is 2. The highest BCUT2D eigenvalue weighted by atomic mass is 15.1. The van der Waals surface area contributed by atoms with Crippen molar-refractivity contribution in [1.29, 1.82) is 0 Å². The predicted molar refractivity (Wildman–Crippen MR) is 93.8 cm³/mol. The van der Waals surface area contributed by atoms with E-state index in [1.807, 2.05) is 29.2 Å². The number of hydrogen-bond donors (Lipinski definition) is 0. The molecule has 0 amide bonds. The van der Waals surface area contributed by atoms with Gasteiger partial charge < -0.3 is 0 Å². The van der Waals surface area contributed by atoms with Crippen LogP contribution in [0.4, 0.5) is 0 Å². The maximum absolute atomic E-state index is 4.54. The number of pyridine rings is 2. The van der Waals surface area contributed by atoms with E-state index in [-0.39, 0.29) is 0 Å². The van der Waals surface area contributed by atoms with Crippen molar-refractivity contribution in [3.63, 3.8) is 0 Å². The lowest BCUT2D eigenvalue weighted by Gasteiger charge is -2.11. The molecule has 0 radical (unpaired) electrons. The summed E-state index contributed by atoms with van der Waals surface area (Å²) in [5.41, 5.74) is 5.94. The molecule has 23 heavy (non-hydrogen) atoms. The van der Waals surface area contributed by atoms with Gasteiger partial charge in [0.2, 0.25) is 0 Å². The summed E-state index contributed by atoms with van der Waals surface area (Å²) in [6, 6.07) is 16.7. The Balaban J connectivity index is 1.90. The molecule has 3 heterocycles. The Kier molecular flexibility index (Phi) is 3.19. The summed E-state index contributed by atoms with van der Waals surface area (Å²) >= 11 is 0. The summed E-state index contributed by atoms with van der Waals surface area (Å²) in [5.74, 6) is 0.888. The third-order valence-electron chi connectivity index (χ3n) is 4.21. The number of nitrogens with zero attached hydrogens (tertiary/aromatic N) is 3. The molecule has 0 unspecified atom stereocenters. The molecule has 0 atom stereocenters. The van der Waals surface area contributed by atoms with E-state index >= 15 is 0 Å². The van der Waals surface area contributed by atoms with E-state index in [0.29, 0.717) is 0 Å². The molecule has 4 rings (SSSR count). The highest BCUT2D eigenvalue weighted by Crippen LogP contribution is 2.28. The Bertz CT molecular complexity index is 978. The van der Waals surface area contributed by atoms with Gasteiger partial charge in [0.1, 0.15) is 11.5 Å². The van der Waals surface area contributed by atoms with Crippen LogP contribution in [0.15, 0.2) is 67.1 Å². The molecule has 0 saturated carbocycles. The molecule has 4 aromatic rings. The van der Waals surface area contributed by atoms with Crippen LogP contribution in [0.25, 0.3) is 28.0 Å². The number of aryl methyl sites for hydroxylation is 2. The molecular formula is C20H17N3. The first-order valence-corrected chi connectivity index (χ1v) is 7.69. The van der Waals surface area contributed by atoms with Crippen LogP contribution in [-0.4, -0.2) is 14.5 Å². The molecule has 112 valence electrons. The second-order valence-corrected chi connectivity index (χ2v) is 5.77. The molecule has 0 saturated heterocycles. The maximum Gasteiger partial charge on any atom is 0.145 e. The minimum atomic E-state index is 0.888. The van der Waals surface area contributed by atoms with Gasteiger partial charge in [-0.1, -0.05) is 18.2 Å². The number of rotatable bonds is 2. The molecule has 0 fully saturated rings. The monoisotopic (exact) mass is 299 g/mol. The Hall–Kier alpha value is -2.94. The van der Waals surface area contributed by atoms with Crippen molar-refractivity contribution in [2.45, 2.75) is 13.8 Å². The zero-order valence-electron chi connectivity index (χ0n) is 13.2. The van der Waals surface area contributed by atoms with Crippen LogP contribution < -0.4 is 0 Å². The van der Waals surface area contributed by atoms with Crippen molar-refractivity contribution in [2.24, 2.45) is 0 Å². The van der Waals surface area contributed by atoms with Crippen molar-refractivity contribution in [1.82, 2.24) is 14.5 Å². The van der Waals surface area contributed by atoms with Crippen LogP contribution >= 0.6 is 0 Å². The lowest BCUT2D eigenvalue weighted by Crippen LogP contribution is -1.98. The van der Waals surface area contributed by atoms with Crippen molar-refractivity contribution in [3.8, 4) is 16.9 Å². The Morgan fingerprint density at radius 1 is 0.826 bits per heavy atom. The van der Waals surface area contributed by atoms with Crippen molar-refractivity contribution < 1.29 is 0 Å². The Labute approximate surface area is 135 Å². The van der Waals surface area contributed by atoms with Gasteiger partial charge in [0, 0.05) is 24.0 Å². The first kappa shape index (κ1) is 13.7. The minimum Gasteiger partial charge on any atom is -0.285 e. The molecule has 0 aliphatic carbocycles. The largest absolute Gasteiger partial charge is 0.285 e. The van der Waals surface area contributed by atoms with Gasteiger partial charge >= 0.3 is 0 Å². The molecule has 3 heteroatoms. The molecule has 0 aliphatic rings. The van der Waals surface area contributed by atoms with Gasteiger partial charge in [-0.3, -0.25) is 4.57 Å². The van der Waals surface area contributed by atoms with E-state index in [4.69, 9.17) is 0 Å². The molecular weight excluding hydrogens is 282 g/mol. The SMILES string of the molecule is Cc1cccc(C)c1-c1ccnc(-n2ccc3cccnc32)c1. The van der Waals surface area contributed by atoms with E-state index in [9.17, 15) is 0 Å². The number of aromatic nitrogens is 3. The van der Waals surface area contributed by atoms with E-state index in [1.54, 1.807) is 0 Å². The van der Waals surface area contributed by atoms with Crippen LogP contribution in [0.2, 0.25) is 0 Å². The third-order valence-corrected chi connectivity index (χ3v) is 4.21. The third kappa shape index (κ3) is 2.30. The fourth-order valence-corrected chi connectivity index (χ4v) is 3.13. The van der Waals surface area contributed by atoms with Gasteiger partial charge in [0.15, 0.2) is 0 Å².